The Kier molecular flexibility index (Phi) is 4.55. The molecule has 1 rings (SSSR count). The van der Waals surface area contributed by atoms with Crippen LogP contribution >= 0.6 is 0 Å². The quantitative estimate of drug-likeness (QED) is 0.475. The molecular formula is C13H14F4O2. The predicted molar refractivity (Wildman–Crippen MR) is 60.6 cm³/mol. The predicted octanol–water partition coefficient (Wildman–Crippen LogP) is 3.84. The Morgan fingerprint density at radius 1 is 1.16 bits per heavy atom. The first-order valence-corrected chi connectivity index (χ1v) is 5.69. The van der Waals surface area contributed by atoms with Gasteiger partial charge < -0.3 is 4.74 Å². The lowest BCUT2D eigenvalue weighted by Crippen LogP contribution is -2.22. The van der Waals surface area contributed by atoms with Crippen LogP contribution in [0.3, 0.4) is 0 Å². The van der Waals surface area contributed by atoms with Gasteiger partial charge >= 0.3 is 5.97 Å². The largest absolute Gasteiger partial charge is 0.461 e. The molecular weight excluding hydrogens is 264 g/mol. The number of esters is 1. The van der Waals surface area contributed by atoms with E-state index in [1.807, 2.05) is 6.92 Å². The van der Waals surface area contributed by atoms with Gasteiger partial charge in [-0.3, -0.25) is 0 Å². The van der Waals surface area contributed by atoms with Gasteiger partial charge in [0.2, 0.25) is 0 Å². The Morgan fingerprint density at radius 2 is 1.63 bits per heavy atom. The molecule has 0 aliphatic carbocycles. The van der Waals surface area contributed by atoms with Crippen molar-refractivity contribution in [3.05, 3.63) is 34.9 Å². The fourth-order valence-corrected chi connectivity index (χ4v) is 1.19. The third-order valence-electron chi connectivity index (χ3n) is 2.87. The average molecular weight is 278 g/mol. The number of benzene rings is 1. The van der Waals surface area contributed by atoms with Gasteiger partial charge in [0.25, 0.3) is 0 Å². The lowest BCUT2D eigenvalue weighted by Gasteiger charge is -2.22. The highest BCUT2D eigenvalue weighted by molar-refractivity contribution is 5.90. The highest BCUT2D eigenvalue weighted by Gasteiger charge is 2.27. The second-order valence-corrected chi connectivity index (χ2v) is 4.94. The number of carbonyl (C=O) groups is 1. The minimum Gasteiger partial charge on any atom is -0.461 e. The van der Waals surface area contributed by atoms with E-state index < -0.39 is 40.2 Å². The molecule has 2 nitrogen and oxygen atoms in total. The van der Waals surface area contributed by atoms with Crippen LogP contribution in [0.2, 0.25) is 0 Å². The maximum atomic E-state index is 13.3. The molecule has 0 spiro atoms. The Labute approximate surface area is 108 Å². The summed E-state index contributed by atoms with van der Waals surface area (Å²) < 4.78 is 57.2. The molecule has 1 aromatic carbocycles. The first-order valence-electron chi connectivity index (χ1n) is 5.69. The molecule has 0 amide bonds. The van der Waals surface area contributed by atoms with E-state index in [4.69, 9.17) is 4.74 Å². The minimum absolute atomic E-state index is 0.0391. The van der Waals surface area contributed by atoms with Crippen molar-refractivity contribution < 1.29 is 27.1 Å². The Bertz CT molecular complexity index is 472. The van der Waals surface area contributed by atoms with E-state index in [0.717, 1.165) is 0 Å². The van der Waals surface area contributed by atoms with Gasteiger partial charge in [-0.15, -0.1) is 0 Å². The topological polar surface area (TPSA) is 26.3 Å². The SMILES string of the molecule is CCC(C)(C)COC(=O)c1c(F)c(F)cc(F)c1F. The third-order valence-corrected chi connectivity index (χ3v) is 2.87. The van der Waals surface area contributed by atoms with Gasteiger partial charge in [-0.25, -0.2) is 22.4 Å². The molecule has 0 N–H and O–H groups in total. The van der Waals surface area contributed by atoms with Gasteiger partial charge in [0.05, 0.1) is 6.61 Å². The maximum absolute atomic E-state index is 13.3. The average Bonchev–Trinajstić information content (AvgIpc) is 2.34. The molecule has 0 aliphatic rings. The van der Waals surface area contributed by atoms with E-state index >= 15 is 0 Å². The van der Waals surface area contributed by atoms with Crippen LogP contribution in [0.4, 0.5) is 17.6 Å². The van der Waals surface area contributed by atoms with E-state index in [2.05, 4.69) is 0 Å². The van der Waals surface area contributed by atoms with Gasteiger partial charge in [-0.2, -0.15) is 0 Å². The summed E-state index contributed by atoms with van der Waals surface area (Å²) in [4.78, 5) is 11.5. The molecule has 6 heteroatoms. The highest BCUT2D eigenvalue weighted by Crippen LogP contribution is 2.23. The number of rotatable bonds is 4. The Hall–Kier alpha value is -1.59. The van der Waals surface area contributed by atoms with E-state index in [9.17, 15) is 22.4 Å². The molecule has 0 fully saturated rings. The number of hydrogen-bond donors (Lipinski definition) is 0. The normalized spacial score (nSPS) is 11.5. The van der Waals surface area contributed by atoms with Crippen LogP contribution in [-0.2, 0) is 4.74 Å². The van der Waals surface area contributed by atoms with Gasteiger partial charge in [-0.1, -0.05) is 20.8 Å². The second-order valence-electron chi connectivity index (χ2n) is 4.94. The molecule has 0 radical (unpaired) electrons. The molecule has 0 heterocycles. The summed E-state index contributed by atoms with van der Waals surface area (Å²) in [6.07, 6.45) is 0.656. The zero-order valence-corrected chi connectivity index (χ0v) is 10.8. The molecule has 0 atom stereocenters. The highest BCUT2D eigenvalue weighted by atomic mass is 19.2. The smallest absolute Gasteiger partial charge is 0.344 e. The maximum Gasteiger partial charge on any atom is 0.344 e. The molecule has 0 saturated carbocycles. The van der Waals surface area contributed by atoms with Gasteiger partial charge in [0.1, 0.15) is 5.56 Å². The molecule has 0 aromatic heterocycles. The molecule has 0 bridgehead atoms. The van der Waals surface area contributed by atoms with Crippen molar-refractivity contribution in [2.75, 3.05) is 6.61 Å². The van der Waals surface area contributed by atoms with Gasteiger partial charge in [0.15, 0.2) is 23.3 Å². The van der Waals surface area contributed by atoms with Crippen molar-refractivity contribution in [1.82, 2.24) is 0 Å². The standard InChI is InChI=1S/C13H14F4O2/c1-4-13(2,3)6-19-12(18)9-10(16)7(14)5-8(15)11(9)17/h5H,4,6H2,1-3H3. The van der Waals surface area contributed by atoms with Crippen LogP contribution in [0.15, 0.2) is 6.07 Å². The molecule has 0 unspecified atom stereocenters. The Morgan fingerprint density at radius 3 is 2.05 bits per heavy atom. The molecule has 1 aromatic rings. The first-order chi connectivity index (χ1) is 8.69. The van der Waals surface area contributed by atoms with Crippen molar-refractivity contribution in [2.45, 2.75) is 27.2 Å². The fraction of sp³-hybridized carbons (Fsp3) is 0.462. The number of carbonyl (C=O) groups excluding carboxylic acids is 1. The summed E-state index contributed by atoms with van der Waals surface area (Å²) in [5.41, 5.74) is -1.74. The van der Waals surface area contributed by atoms with Crippen LogP contribution < -0.4 is 0 Å². The van der Waals surface area contributed by atoms with E-state index in [1.165, 1.54) is 0 Å². The molecule has 0 saturated heterocycles. The Balaban J connectivity index is 3.01. The van der Waals surface area contributed by atoms with Gasteiger partial charge in [0, 0.05) is 6.07 Å². The molecule has 0 aliphatic heterocycles. The lowest BCUT2D eigenvalue weighted by atomic mass is 9.92. The van der Waals surface area contributed by atoms with Crippen LogP contribution in [-0.4, -0.2) is 12.6 Å². The molecule has 106 valence electrons. The van der Waals surface area contributed by atoms with Crippen LogP contribution in [0.5, 0.6) is 0 Å². The summed E-state index contributed by atoms with van der Waals surface area (Å²) in [7, 11) is 0. The zero-order chi connectivity index (χ0) is 14.8. The summed E-state index contributed by atoms with van der Waals surface area (Å²) in [6, 6.07) is 0.0391. The fourth-order valence-electron chi connectivity index (χ4n) is 1.19. The number of ether oxygens (including phenoxy) is 1. The van der Waals surface area contributed by atoms with Gasteiger partial charge in [-0.05, 0) is 11.8 Å². The summed E-state index contributed by atoms with van der Waals surface area (Å²) in [5.74, 6) is -8.20. The summed E-state index contributed by atoms with van der Waals surface area (Å²) >= 11 is 0. The van der Waals surface area contributed by atoms with Crippen LogP contribution in [0.25, 0.3) is 0 Å². The number of halogens is 4. The van der Waals surface area contributed by atoms with E-state index in [1.54, 1.807) is 13.8 Å². The van der Waals surface area contributed by atoms with Crippen LogP contribution in [0, 0.1) is 28.7 Å². The summed E-state index contributed by atoms with van der Waals surface area (Å²) in [5, 5.41) is 0. The van der Waals surface area contributed by atoms with Crippen molar-refractivity contribution in [1.29, 1.82) is 0 Å². The summed E-state index contributed by atoms with van der Waals surface area (Å²) in [6.45, 7) is 5.29. The van der Waals surface area contributed by atoms with Crippen molar-refractivity contribution in [3.63, 3.8) is 0 Å². The minimum atomic E-state index is -1.75. The lowest BCUT2D eigenvalue weighted by molar-refractivity contribution is 0.0322. The molecule has 19 heavy (non-hydrogen) atoms. The zero-order valence-electron chi connectivity index (χ0n) is 10.8. The monoisotopic (exact) mass is 278 g/mol. The first kappa shape index (κ1) is 15.5. The van der Waals surface area contributed by atoms with Crippen molar-refractivity contribution in [3.8, 4) is 0 Å². The van der Waals surface area contributed by atoms with E-state index in [-0.39, 0.29) is 12.7 Å². The van der Waals surface area contributed by atoms with Crippen LogP contribution in [0.1, 0.15) is 37.6 Å². The van der Waals surface area contributed by atoms with Crippen molar-refractivity contribution in [2.24, 2.45) is 5.41 Å². The number of hydrogen-bond acceptors (Lipinski definition) is 2. The third kappa shape index (κ3) is 3.45. The van der Waals surface area contributed by atoms with E-state index in [0.29, 0.717) is 6.42 Å². The van der Waals surface area contributed by atoms with Crippen molar-refractivity contribution >= 4 is 5.97 Å². The second kappa shape index (κ2) is 5.59.